The van der Waals surface area contributed by atoms with Crippen LogP contribution in [-0.2, 0) is 9.53 Å². The Kier molecular flexibility index (Phi) is 4.64. The van der Waals surface area contributed by atoms with Crippen molar-refractivity contribution in [2.75, 3.05) is 19.8 Å². The number of hydrogen-bond acceptors (Lipinski definition) is 5. The molecule has 0 aromatic heterocycles. The van der Waals surface area contributed by atoms with Crippen LogP contribution in [0.3, 0.4) is 0 Å². The molecule has 0 fully saturated rings. The zero-order valence-corrected chi connectivity index (χ0v) is 13.1. The van der Waals surface area contributed by atoms with Crippen LogP contribution < -0.4 is 9.47 Å². The number of rotatable bonds is 4. The lowest BCUT2D eigenvalue weighted by Gasteiger charge is -2.29. The van der Waals surface area contributed by atoms with E-state index in [2.05, 4.69) is 0 Å². The molecule has 1 atom stereocenters. The molecule has 0 amide bonds. The molecule has 1 N–H and O–H groups in total. The molecule has 116 valence electrons. The standard InChI is InChI=1S/C15H19ClO5/c1-4-19-14(18)15(2,3)13(17)9-7-10(16)12-11(8-9)20-5-6-21-12/h7-8,13,17H,4-6H2,1-3H3. The maximum Gasteiger partial charge on any atom is 0.314 e. The molecule has 1 aromatic carbocycles. The molecule has 1 unspecified atom stereocenters. The highest BCUT2D eigenvalue weighted by molar-refractivity contribution is 6.32. The quantitative estimate of drug-likeness (QED) is 0.866. The SMILES string of the molecule is CCOC(=O)C(C)(C)C(O)c1cc(Cl)c2c(c1)OCCO2. The first-order chi connectivity index (χ1) is 9.87. The van der Waals surface area contributed by atoms with Crippen molar-refractivity contribution >= 4 is 17.6 Å². The molecule has 1 aliphatic rings. The smallest absolute Gasteiger partial charge is 0.314 e. The number of aliphatic hydroxyl groups is 1. The average Bonchev–Trinajstić information content (AvgIpc) is 2.46. The average molecular weight is 315 g/mol. The number of aliphatic hydroxyl groups excluding tert-OH is 1. The lowest BCUT2D eigenvalue weighted by atomic mass is 9.82. The molecule has 6 heteroatoms. The van der Waals surface area contributed by atoms with Gasteiger partial charge in [-0.05, 0) is 38.5 Å². The van der Waals surface area contributed by atoms with E-state index < -0.39 is 17.5 Å². The van der Waals surface area contributed by atoms with Gasteiger partial charge in [-0.15, -0.1) is 0 Å². The van der Waals surface area contributed by atoms with Crippen molar-refractivity contribution in [2.45, 2.75) is 26.9 Å². The summed E-state index contributed by atoms with van der Waals surface area (Å²) in [6.45, 7) is 6.09. The van der Waals surface area contributed by atoms with Gasteiger partial charge in [0.1, 0.15) is 13.2 Å². The first-order valence-corrected chi connectivity index (χ1v) is 7.20. The first-order valence-electron chi connectivity index (χ1n) is 6.82. The zero-order valence-electron chi connectivity index (χ0n) is 12.3. The number of hydrogen-bond donors (Lipinski definition) is 1. The number of carbonyl (C=O) groups excluding carboxylic acids is 1. The van der Waals surface area contributed by atoms with Crippen LogP contribution in [-0.4, -0.2) is 30.9 Å². The first kappa shape index (κ1) is 15.9. The number of halogens is 1. The van der Waals surface area contributed by atoms with Gasteiger partial charge >= 0.3 is 5.97 Å². The summed E-state index contributed by atoms with van der Waals surface area (Å²) in [6.07, 6.45) is -1.06. The van der Waals surface area contributed by atoms with Crippen molar-refractivity contribution in [3.8, 4) is 11.5 Å². The van der Waals surface area contributed by atoms with Crippen LogP contribution in [0, 0.1) is 5.41 Å². The predicted octanol–water partition coefficient (Wildman–Crippen LogP) is 2.73. The van der Waals surface area contributed by atoms with Gasteiger partial charge in [0.25, 0.3) is 0 Å². The van der Waals surface area contributed by atoms with Gasteiger partial charge in [0.2, 0.25) is 0 Å². The van der Waals surface area contributed by atoms with Crippen molar-refractivity contribution in [1.29, 1.82) is 0 Å². The zero-order chi connectivity index (χ0) is 15.6. The Labute approximate surface area is 128 Å². The number of fused-ring (bicyclic) bond motifs is 1. The fourth-order valence-corrected chi connectivity index (χ4v) is 2.41. The number of benzene rings is 1. The van der Waals surface area contributed by atoms with Gasteiger partial charge in [0.05, 0.1) is 23.1 Å². The second-order valence-corrected chi connectivity index (χ2v) is 5.78. The van der Waals surface area contributed by atoms with Gasteiger partial charge in [-0.1, -0.05) is 11.6 Å². The number of carbonyl (C=O) groups is 1. The molecule has 0 saturated carbocycles. The monoisotopic (exact) mass is 314 g/mol. The molecule has 21 heavy (non-hydrogen) atoms. The Bertz CT molecular complexity index is 541. The number of esters is 1. The van der Waals surface area contributed by atoms with Crippen molar-refractivity contribution in [3.63, 3.8) is 0 Å². The topological polar surface area (TPSA) is 65.0 Å². The van der Waals surface area contributed by atoms with Crippen LogP contribution in [0.5, 0.6) is 11.5 Å². The minimum Gasteiger partial charge on any atom is -0.486 e. The Morgan fingerprint density at radius 1 is 1.43 bits per heavy atom. The van der Waals surface area contributed by atoms with E-state index in [4.69, 9.17) is 25.8 Å². The van der Waals surface area contributed by atoms with Gasteiger partial charge in [-0.2, -0.15) is 0 Å². The second kappa shape index (κ2) is 6.12. The highest BCUT2D eigenvalue weighted by Crippen LogP contribution is 2.43. The summed E-state index contributed by atoms with van der Waals surface area (Å²) in [4.78, 5) is 12.0. The van der Waals surface area contributed by atoms with E-state index in [9.17, 15) is 9.90 Å². The molecule has 5 nitrogen and oxygen atoms in total. The Morgan fingerprint density at radius 2 is 2.10 bits per heavy atom. The van der Waals surface area contributed by atoms with E-state index in [1.54, 1.807) is 32.9 Å². The largest absolute Gasteiger partial charge is 0.486 e. The summed E-state index contributed by atoms with van der Waals surface area (Å²) in [7, 11) is 0. The maximum absolute atomic E-state index is 12.0. The van der Waals surface area contributed by atoms with E-state index in [0.717, 1.165) is 0 Å². The Balaban J connectivity index is 2.33. The third-order valence-corrected chi connectivity index (χ3v) is 3.70. The number of ether oxygens (including phenoxy) is 3. The molecule has 0 radical (unpaired) electrons. The fraction of sp³-hybridized carbons (Fsp3) is 0.533. The molecule has 1 aliphatic heterocycles. The van der Waals surface area contributed by atoms with Crippen LogP contribution in [0.1, 0.15) is 32.4 Å². The van der Waals surface area contributed by atoms with Crippen molar-refractivity contribution < 1.29 is 24.1 Å². The molecule has 0 spiro atoms. The third-order valence-electron chi connectivity index (χ3n) is 3.42. The van der Waals surface area contributed by atoms with E-state index in [0.29, 0.717) is 35.3 Å². The molecule has 0 saturated heterocycles. The third kappa shape index (κ3) is 3.09. The minimum atomic E-state index is -1.09. The predicted molar refractivity (Wildman–Crippen MR) is 77.8 cm³/mol. The van der Waals surface area contributed by atoms with Gasteiger partial charge in [-0.3, -0.25) is 4.79 Å². The van der Waals surface area contributed by atoms with Gasteiger partial charge in [0.15, 0.2) is 11.5 Å². The molecule has 0 aliphatic carbocycles. The van der Waals surface area contributed by atoms with Crippen molar-refractivity contribution in [1.82, 2.24) is 0 Å². The van der Waals surface area contributed by atoms with E-state index in [1.165, 1.54) is 0 Å². The molecular weight excluding hydrogens is 296 g/mol. The molecule has 2 rings (SSSR count). The van der Waals surface area contributed by atoms with Crippen LogP contribution in [0.25, 0.3) is 0 Å². The van der Waals surface area contributed by atoms with Crippen LogP contribution in [0.2, 0.25) is 5.02 Å². The lowest BCUT2D eigenvalue weighted by Crippen LogP contribution is -2.33. The van der Waals surface area contributed by atoms with E-state index in [-0.39, 0.29) is 6.61 Å². The van der Waals surface area contributed by atoms with Crippen LogP contribution in [0.15, 0.2) is 12.1 Å². The minimum absolute atomic E-state index is 0.261. The Morgan fingerprint density at radius 3 is 2.76 bits per heavy atom. The summed E-state index contributed by atoms with van der Waals surface area (Å²) in [6, 6.07) is 3.23. The molecule has 1 aromatic rings. The van der Waals surface area contributed by atoms with E-state index >= 15 is 0 Å². The highest BCUT2D eigenvalue weighted by Gasteiger charge is 2.39. The Hall–Kier alpha value is -1.46. The summed E-state index contributed by atoms with van der Waals surface area (Å²) in [5.74, 6) is 0.471. The summed E-state index contributed by atoms with van der Waals surface area (Å²) >= 11 is 6.15. The van der Waals surface area contributed by atoms with Crippen molar-refractivity contribution in [2.24, 2.45) is 5.41 Å². The maximum atomic E-state index is 12.0. The molecular formula is C15H19ClO5. The molecule has 0 bridgehead atoms. The fourth-order valence-electron chi connectivity index (χ4n) is 2.13. The summed E-state index contributed by atoms with van der Waals surface area (Å²) < 4.78 is 15.9. The van der Waals surface area contributed by atoms with Crippen LogP contribution in [0.4, 0.5) is 0 Å². The summed E-state index contributed by atoms with van der Waals surface area (Å²) in [5, 5.41) is 10.9. The van der Waals surface area contributed by atoms with Crippen LogP contribution >= 0.6 is 11.6 Å². The normalized spacial score (nSPS) is 15.5. The second-order valence-electron chi connectivity index (χ2n) is 5.37. The van der Waals surface area contributed by atoms with Gasteiger partial charge in [0, 0.05) is 0 Å². The van der Waals surface area contributed by atoms with Crippen molar-refractivity contribution in [3.05, 3.63) is 22.7 Å². The highest BCUT2D eigenvalue weighted by atomic mass is 35.5. The van der Waals surface area contributed by atoms with Gasteiger partial charge in [-0.25, -0.2) is 0 Å². The molecule has 1 heterocycles. The van der Waals surface area contributed by atoms with E-state index in [1.807, 2.05) is 0 Å². The summed E-state index contributed by atoms with van der Waals surface area (Å²) in [5.41, 5.74) is -0.606. The lowest BCUT2D eigenvalue weighted by molar-refractivity contribution is -0.160. The van der Waals surface area contributed by atoms with Gasteiger partial charge < -0.3 is 19.3 Å².